The average molecular weight is 285 g/mol. The Balaban J connectivity index is 2.07. The molecule has 0 atom stereocenters. The number of nitrogens with zero attached hydrogens (tertiary/aromatic N) is 4. The van der Waals surface area contributed by atoms with Crippen molar-refractivity contribution in [3.05, 3.63) is 35.4 Å². The van der Waals surface area contributed by atoms with Crippen LogP contribution in [0.3, 0.4) is 0 Å². The first-order chi connectivity index (χ1) is 10.2. The van der Waals surface area contributed by atoms with Crippen molar-refractivity contribution in [2.24, 2.45) is 5.10 Å². The largest absolute Gasteiger partial charge is 0.357 e. The van der Waals surface area contributed by atoms with Gasteiger partial charge in [-0.3, -0.25) is 4.79 Å². The molecule has 0 saturated carbocycles. The molecule has 0 bridgehead atoms. The molecule has 3 N–H and O–H groups in total. The Bertz CT molecular complexity index is 617. The summed E-state index contributed by atoms with van der Waals surface area (Å²) >= 11 is 0. The van der Waals surface area contributed by atoms with E-state index in [1.165, 1.54) is 0 Å². The van der Waals surface area contributed by atoms with Gasteiger partial charge in [-0.05, 0) is 5.56 Å². The molecular weight excluding hydrogens is 270 g/mol. The molecule has 8 heteroatoms. The zero-order chi connectivity index (χ0) is 15.1. The Kier molecular flexibility index (Phi) is 4.75. The number of aldehydes is 1. The molecule has 108 valence electrons. The second kappa shape index (κ2) is 6.94. The fourth-order valence-corrected chi connectivity index (χ4v) is 1.47. The summed E-state index contributed by atoms with van der Waals surface area (Å²) in [6.45, 7) is 0. The Labute approximate surface area is 121 Å². The maximum absolute atomic E-state index is 10.6. The lowest BCUT2D eigenvalue weighted by Gasteiger charge is -2.04. The third kappa shape index (κ3) is 3.96. The minimum atomic E-state index is 0.319. The van der Waals surface area contributed by atoms with Crippen molar-refractivity contribution in [3.63, 3.8) is 0 Å². The van der Waals surface area contributed by atoms with Gasteiger partial charge in [-0.2, -0.15) is 20.1 Å². The number of nitrogens with one attached hydrogen (secondary N) is 3. The minimum absolute atomic E-state index is 0.319. The molecular formula is C13H15N7O. The van der Waals surface area contributed by atoms with E-state index in [2.05, 4.69) is 36.1 Å². The van der Waals surface area contributed by atoms with Gasteiger partial charge in [0.1, 0.15) is 6.29 Å². The van der Waals surface area contributed by atoms with E-state index in [1.54, 1.807) is 44.6 Å². The molecule has 0 aliphatic rings. The molecule has 0 fully saturated rings. The lowest BCUT2D eigenvalue weighted by Crippen LogP contribution is -2.06. The van der Waals surface area contributed by atoms with Gasteiger partial charge >= 0.3 is 0 Å². The highest BCUT2D eigenvalue weighted by atomic mass is 16.1. The van der Waals surface area contributed by atoms with E-state index < -0.39 is 0 Å². The van der Waals surface area contributed by atoms with Crippen LogP contribution in [-0.2, 0) is 0 Å². The number of aromatic nitrogens is 3. The van der Waals surface area contributed by atoms with Crippen LogP contribution in [0.4, 0.5) is 17.8 Å². The average Bonchev–Trinajstić information content (AvgIpc) is 2.55. The third-order valence-electron chi connectivity index (χ3n) is 2.53. The molecule has 21 heavy (non-hydrogen) atoms. The number of benzene rings is 1. The Morgan fingerprint density at radius 2 is 1.43 bits per heavy atom. The van der Waals surface area contributed by atoms with E-state index in [-0.39, 0.29) is 0 Å². The summed E-state index contributed by atoms with van der Waals surface area (Å²) in [7, 11) is 3.44. The smallest absolute Gasteiger partial charge is 0.250 e. The number of anilines is 3. The Hall–Kier alpha value is -3.03. The van der Waals surface area contributed by atoms with Gasteiger partial charge in [0.2, 0.25) is 17.8 Å². The Morgan fingerprint density at radius 1 is 0.905 bits per heavy atom. The zero-order valence-corrected chi connectivity index (χ0v) is 11.7. The van der Waals surface area contributed by atoms with Gasteiger partial charge in [-0.15, -0.1) is 0 Å². The van der Waals surface area contributed by atoms with Crippen LogP contribution in [0.1, 0.15) is 15.9 Å². The van der Waals surface area contributed by atoms with E-state index in [0.717, 1.165) is 11.8 Å². The first-order valence-corrected chi connectivity index (χ1v) is 6.21. The van der Waals surface area contributed by atoms with Crippen molar-refractivity contribution >= 4 is 30.3 Å². The summed E-state index contributed by atoms with van der Waals surface area (Å²) in [6, 6.07) is 7.02. The van der Waals surface area contributed by atoms with Gasteiger partial charge in [0.15, 0.2) is 0 Å². The van der Waals surface area contributed by atoms with Gasteiger partial charge in [-0.25, -0.2) is 5.43 Å². The monoisotopic (exact) mass is 285 g/mol. The second-order valence-corrected chi connectivity index (χ2v) is 3.96. The van der Waals surface area contributed by atoms with Crippen LogP contribution >= 0.6 is 0 Å². The van der Waals surface area contributed by atoms with E-state index in [0.29, 0.717) is 23.4 Å². The standard InChI is InChI=1S/C13H15N7O/c1-14-11-17-12(15-2)19-13(18-11)20-16-7-9-3-5-10(8-21)6-4-9/h3-8H,1-2H3,(H3,14,15,17,18,19,20)/b16-7+. The Morgan fingerprint density at radius 3 is 1.95 bits per heavy atom. The topological polar surface area (TPSA) is 104 Å². The SMILES string of the molecule is CNc1nc(NC)nc(N/N=C/c2ccc(C=O)cc2)n1. The highest BCUT2D eigenvalue weighted by molar-refractivity contribution is 5.82. The quantitative estimate of drug-likeness (QED) is 0.416. The van der Waals surface area contributed by atoms with Crippen LogP contribution in [0, 0.1) is 0 Å². The number of hydrogen-bond donors (Lipinski definition) is 3. The van der Waals surface area contributed by atoms with Gasteiger partial charge in [0.25, 0.3) is 0 Å². The van der Waals surface area contributed by atoms with Crippen molar-refractivity contribution < 1.29 is 4.79 Å². The molecule has 0 radical (unpaired) electrons. The third-order valence-corrected chi connectivity index (χ3v) is 2.53. The van der Waals surface area contributed by atoms with Crippen LogP contribution in [-0.4, -0.2) is 41.5 Å². The molecule has 1 heterocycles. The first kappa shape index (κ1) is 14.4. The molecule has 1 aromatic carbocycles. The first-order valence-electron chi connectivity index (χ1n) is 6.21. The van der Waals surface area contributed by atoms with Crippen LogP contribution in [0.15, 0.2) is 29.4 Å². The second-order valence-electron chi connectivity index (χ2n) is 3.96. The molecule has 0 aliphatic carbocycles. The van der Waals surface area contributed by atoms with E-state index >= 15 is 0 Å². The van der Waals surface area contributed by atoms with Crippen molar-refractivity contribution in [1.82, 2.24) is 15.0 Å². The predicted octanol–water partition coefficient (Wildman–Crippen LogP) is 1.21. The summed E-state index contributed by atoms with van der Waals surface area (Å²) in [5, 5.41) is 9.72. The molecule has 2 rings (SSSR count). The maximum Gasteiger partial charge on any atom is 0.250 e. The zero-order valence-electron chi connectivity index (χ0n) is 11.7. The fourth-order valence-electron chi connectivity index (χ4n) is 1.47. The molecule has 1 aromatic heterocycles. The maximum atomic E-state index is 10.6. The fraction of sp³-hybridized carbons (Fsp3) is 0.154. The lowest BCUT2D eigenvalue weighted by molar-refractivity contribution is 0.112. The summed E-state index contributed by atoms with van der Waals surface area (Å²) in [5.41, 5.74) is 4.20. The number of carbonyl (C=O) groups is 1. The van der Waals surface area contributed by atoms with Gasteiger partial charge < -0.3 is 10.6 Å². The van der Waals surface area contributed by atoms with Crippen LogP contribution < -0.4 is 16.1 Å². The van der Waals surface area contributed by atoms with Crippen LogP contribution in [0.2, 0.25) is 0 Å². The van der Waals surface area contributed by atoms with Crippen molar-refractivity contribution in [2.75, 3.05) is 30.2 Å². The summed E-state index contributed by atoms with van der Waals surface area (Å²) in [6.07, 6.45) is 2.40. The highest BCUT2D eigenvalue weighted by Gasteiger charge is 2.02. The van der Waals surface area contributed by atoms with Gasteiger partial charge in [-0.1, -0.05) is 24.3 Å². The van der Waals surface area contributed by atoms with E-state index in [1.807, 2.05) is 0 Å². The van der Waals surface area contributed by atoms with E-state index in [4.69, 9.17) is 0 Å². The summed E-state index contributed by atoms with van der Waals surface area (Å²) in [5.74, 6) is 1.18. The van der Waals surface area contributed by atoms with Crippen molar-refractivity contribution in [2.45, 2.75) is 0 Å². The predicted molar refractivity (Wildman–Crippen MR) is 82.0 cm³/mol. The van der Waals surface area contributed by atoms with Crippen molar-refractivity contribution in [1.29, 1.82) is 0 Å². The number of carbonyl (C=O) groups excluding carboxylic acids is 1. The molecule has 0 amide bonds. The number of rotatable bonds is 6. The lowest BCUT2D eigenvalue weighted by atomic mass is 10.2. The van der Waals surface area contributed by atoms with Gasteiger partial charge in [0.05, 0.1) is 6.21 Å². The summed E-state index contributed by atoms with van der Waals surface area (Å²) in [4.78, 5) is 22.9. The normalized spacial score (nSPS) is 10.4. The minimum Gasteiger partial charge on any atom is -0.357 e. The summed E-state index contributed by atoms with van der Waals surface area (Å²) < 4.78 is 0. The molecule has 2 aromatic rings. The number of hydrogen-bond acceptors (Lipinski definition) is 8. The van der Waals surface area contributed by atoms with Crippen LogP contribution in [0.5, 0.6) is 0 Å². The van der Waals surface area contributed by atoms with Crippen LogP contribution in [0.25, 0.3) is 0 Å². The number of hydrazone groups is 1. The molecule has 0 aliphatic heterocycles. The molecule has 8 nitrogen and oxygen atoms in total. The molecule has 0 unspecified atom stereocenters. The van der Waals surface area contributed by atoms with E-state index in [9.17, 15) is 4.79 Å². The molecule has 0 saturated heterocycles. The highest BCUT2D eigenvalue weighted by Crippen LogP contribution is 2.08. The van der Waals surface area contributed by atoms with Crippen molar-refractivity contribution in [3.8, 4) is 0 Å². The van der Waals surface area contributed by atoms with Gasteiger partial charge in [0, 0.05) is 19.7 Å². The molecule has 0 spiro atoms.